The van der Waals surface area contributed by atoms with Crippen LogP contribution in [0.1, 0.15) is 38.5 Å². The summed E-state index contributed by atoms with van der Waals surface area (Å²) < 4.78 is 5.18. The molecule has 1 aliphatic carbocycles. The van der Waals surface area contributed by atoms with Gasteiger partial charge in [0.2, 0.25) is 5.91 Å². The number of rotatable bonds is 4. The summed E-state index contributed by atoms with van der Waals surface area (Å²) in [6.45, 7) is 0.535. The van der Waals surface area contributed by atoms with Crippen molar-refractivity contribution in [2.45, 2.75) is 56.8 Å². The van der Waals surface area contributed by atoms with Crippen LogP contribution >= 0.6 is 0 Å². The van der Waals surface area contributed by atoms with Crippen LogP contribution in [0.25, 0.3) is 0 Å². The molecule has 2 rings (SSSR count). The van der Waals surface area contributed by atoms with Gasteiger partial charge in [-0.05, 0) is 38.0 Å². The first-order valence-corrected chi connectivity index (χ1v) is 6.90. The van der Waals surface area contributed by atoms with E-state index >= 15 is 0 Å². The minimum absolute atomic E-state index is 0.233. The van der Waals surface area contributed by atoms with Crippen molar-refractivity contribution >= 4 is 11.9 Å². The third kappa shape index (κ3) is 3.91. The summed E-state index contributed by atoms with van der Waals surface area (Å²) in [5, 5.41) is 21.1. The van der Waals surface area contributed by atoms with Gasteiger partial charge in [0, 0.05) is 6.54 Å². The minimum Gasteiger partial charge on any atom is -0.479 e. The number of aliphatic hydroxyl groups excluding tert-OH is 1. The molecule has 2 fully saturated rings. The van der Waals surface area contributed by atoms with E-state index in [4.69, 9.17) is 9.84 Å². The predicted octanol–water partition coefficient (Wildman–Crippen LogP) is 0.286. The van der Waals surface area contributed by atoms with Gasteiger partial charge in [0.25, 0.3) is 0 Å². The summed E-state index contributed by atoms with van der Waals surface area (Å²) in [4.78, 5) is 22.6. The molecular weight excluding hydrogens is 250 g/mol. The molecule has 1 aliphatic heterocycles. The molecular formula is C13H21NO5. The summed E-state index contributed by atoms with van der Waals surface area (Å²) in [6, 6.07) is 0. The van der Waals surface area contributed by atoms with Crippen LogP contribution in [-0.2, 0) is 14.3 Å². The van der Waals surface area contributed by atoms with E-state index in [1.54, 1.807) is 0 Å². The maximum atomic E-state index is 11.8. The molecule has 6 heteroatoms. The maximum Gasteiger partial charge on any atom is 0.332 e. The molecule has 19 heavy (non-hydrogen) atoms. The van der Waals surface area contributed by atoms with Crippen molar-refractivity contribution in [2.75, 3.05) is 6.54 Å². The van der Waals surface area contributed by atoms with Gasteiger partial charge in [-0.25, -0.2) is 4.79 Å². The Kier molecular flexibility index (Phi) is 4.76. The van der Waals surface area contributed by atoms with Crippen molar-refractivity contribution in [3.8, 4) is 0 Å². The third-order valence-electron chi connectivity index (χ3n) is 3.91. The number of amides is 1. The first-order chi connectivity index (χ1) is 9.06. The summed E-state index contributed by atoms with van der Waals surface area (Å²) in [5.41, 5.74) is 0. The van der Waals surface area contributed by atoms with Crippen molar-refractivity contribution in [2.24, 2.45) is 5.92 Å². The highest BCUT2D eigenvalue weighted by molar-refractivity contribution is 5.82. The largest absolute Gasteiger partial charge is 0.479 e. The summed E-state index contributed by atoms with van der Waals surface area (Å²) in [6.07, 6.45) is 2.66. The van der Waals surface area contributed by atoms with Crippen LogP contribution in [-0.4, -0.2) is 46.9 Å². The molecule has 4 atom stereocenters. The van der Waals surface area contributed by atoms with Crippen molar-refractivity contribution in [1.29, 1.82) is 0 Å². The molecule has 1 saturated carbocycles. The monoisotopic (exact) mass is 271 g/mol. The molecule has 4 unspecified atom stereocenters. The van der Waals surface area contributed by atoms with Gasteiger partial charge in [-0.2, -0.15) is 0 Å². The number of carboxylic acid groups (broad SMARTS) is 1. The Morgan fingerprint density at radius 2 is 1.89 bits per heavy atom. The van der Waals surface area contributed by atoms with E-state index < -0.39 is 18.2 Å². The van der Waals surface area contributed by atoms with Crippen LogP contribution in [0.3, 0.4) is 0 Å². The molecule has 0 radical (unpaired) electrons. The highest BCUT2D eigenvalue weighted by atomic mass is 16.5. The Morgan fingerprint density at radius 3 is 2.53 bits per heavy atom. The number of hydrogen-bond donors (Lipinski definition) is 3. The Bertz CT molecular complexity index is 346. The molecule has 108 valence electrons. The van der Waals surface area contributed by atoms with E-state index in [9.17, 15) is 14.7 Å². The lowest BCUT2D eigenvalue weighted by Gasteiger charge is -2.26. The SMILES string of the molecule is O=C(O)C1CCC(C(=O)NCC2CCCC(O)C2)O1. The fraction of sp³-hybridized carbons (Fsp3) is 0.846. The maximum absolute atomic E-state index is 11.8. The number of carboxylic acids is 1. The molecule has 1 amide bonds. The van der Waals surface area contributed by atoms with Gasteiger partial charge in [-0.3, -0.25) is 4.79 Å². The molecule has 0 aromatic carbocycles. The van der Waals surface area contributed by atoms with E-state index in [0.29, 0.717) is 25.3 Å². The summed E-state index contributed by atoms with van der Waals surface area (Å²) in [5.74, 6) is -0.932. The smallest absolute Gasteiger partial charge is 0.332 e. The Balaban J connectivity index is 1.71. The van der Waals surface area contributed by atoms with Gasteiger partial charge in [0.05, 0.1) is 6.10 Å². The van der Waals surface area contributed by atoms with E-state index in [2.05, 4.69) is 5.32 Å². The fourth-order valence-corrected chi connectivity index (χ4v) is 2.82. The number of ether oxygens (including phenoxy) is 1. The zero-order chi connectivity index (χ0) is 13.8. The van der Waals surface area contributed by atoms with Crippen LogP contribution in [0.15, 0.2) is 0 Å². The summed E-state index contributed by atoms with van der Waals surface area (Å²) in [7, 11) is 0. The molecule has 3 N–H and O–H groups in total. The van der Waals surface area contributed by atoms with Crippen molar-refractivity contribution in [1.82, 2.24) is 5.32 Å². The first kappa shape index (κ1) is 14.3. The van der Waals surface area contributed by atoms with Crippen LogP contribution in [0.5, 0.6) is 0 Å². The van der Waals surface area contributed by atoms with E-state index in [1.165, 1.54) is 0 Å². The van der Waals surface area contributed by atoms with Crippen molar-refractivity contribution < 1.29 is 24.5 Å². The van der Waals surface area contributed by atoms with Gasteiger partial charge in [-0.1, -0.05) is 6.42 Å². The molecule has 1 heterocycles. The van der Waals surface area contributed by atoms with Gasteiger partial charge in [-0.15, -0.1) is 0 Å². The molecule has 6 nitrogen and oxygen atoms in total. The predicted molar refractivity (Wildman–Crippen MR) is 66.5 cm³/mol. The summed E-state index contributed by atoms with van der Waals surface area (Å²) >= 11 is 0. The lowest BCUT2D eigenvalue weighted by Crippen LogP contribution is -2.39. The number of nitrogens with one attached hydrogen (secondary N) is 1. The molecule has 0 bridgehead atoms. The quantitative estimate of drug-likeness (QED) is 0.683. The van der Waals surface area contributed by atoms with Crippen LogP contribution in [0.2, 0.25) is 0 Å². The van der Waals surface area contributed by atoms with Crippen molar-refractivity contribution in [3.05, 3.63) is 0 Å². The van der Waals surface area contributed by atoms with Gasteiger partial charge >= 0.3 is 5.97 Å². The molecule has 0 aromatic rings. The second-order valence-electron chi connectivity index (χ2n) is 5.46. The average molecular weight is 271 g/mol. The van der Waals surface area contributed by atoms with Gasteiger partial charge in [0.15, 0.2) is 6.10 Å². The highest BCUT2D eigenvalue weighted by Crippen LogP contribution is 2.24. The first-order valence-electron chi connectivity index (χ1n) is 6.90. The Hall–Kier alpha value is -1.14. The number of hydrogen-bond acceptors (Lipinski definition) is 4. The second-order valence-corrected chi connectivity index (χ2v) is 5.46. The lowest BCUT2D eigenvalue weighted by molar-refractivity contribution is -0.151. The van der Waals surface area contributed by atoms with Crippen LogP contribution < -0.4 is 5.32 Å². The molecule has 0 spiro atoms. The second kappa shape index (κ2) is 6.34. The number of carbonyl (C=O) groups is 2. The minimum atomic E-state index is -1.01. The molecule has 1 saturated heterocycles. The zero-order valence-electron chi connectivity index (χ0n) is 10.9. The molecule has 2 aliphatic rings. The van der Waals surface area contributed by atoms with Gasteiger partial charge < -0.3 is 20.3 Å². The number of carbonyl (C=O) groups excluding carboxylic acids is 1. The van der Waals surface area contributed by atoms with Crippen LogP contribution in [0, 0.1) is 5.92 Å². The third-order valence-corrected chi connectivity index (χ3v) is 3.91. The average Bonchev–Trinajstić information content (AvgIpc) is 2.86. The number of aliphatic carboxylic acids is 1. The number of aliphatic hydroxyl groups is 1. The van der Waals surface area contributed by atoms with E-state index in [-0.39, 0.29) is 12.0 Å². The van der Waals surface area contributed by atoms with Gasteiger partial charge in [0.1, 0.15) is 6.10 Å². The standard InChI is InChI=1S/C13H21NO5/c15-9-3-1-2-8(6-9)7-14-12(16)10-4-5-11(19-10)13(17)18/h8-11,15H,1-7H2,(H,14,16)(H,17,18). The lowest BCUT2D eigenvalue weighted by atomic mass is 9.87. The van der Waals surface area contributed by atoms with Crippen LogP contribution in [0.4, 0.5) is 0 Å². The van der Waals surface area contributed by atoms with E-state index in [1.807, 2.05) is 0 Å². The Labute approximate surface area is 112 Å². The topological polar surface area (TPSA) is 95.9 Å². The van der Waals surface area contributed by atoms with Crippen molar-refractivity contribution in [3.63, 3.8) is 0 Å². The molecule has 0 aromatic heterocycles. The zero-order valence-corrected chi connectivity index (χ0v) is 10.9. The fourth-order valence-electron chi connectivity index (χ4n) is 2.82. The Morgan fingerprint density at radius 1 is 1.16 bits per heavy atom. The normalized spacial score (nSPS) is 35.0. The highest BCUT2D eigenvalue weighted by Gasteiger charge is 2.34. The van der Waals surface area contributed by atoms with E-state index in [0.717, 1.165) is 25.7 Å².